The van der Waals surface area contributed by atoms with Crippen LogP contribution in [0.4, 0.5) is 5.69 Å². The van der Waals surface area contributed by atoms with E-state index in [0.29, 0.717) is 12.3 Å². The van der Waals surface area contributed by atoms with Crippen LogP contribution in [0.15, 0.2) is 57.7 Å². The third-order valence-electron chi connectivity index (χ3n) is 3.04. The third-order valence-corrected chi connectivity index (χ3v) is 3.47. The van der Waals surface area contributed by atoms with Gasteiger partial charge in [0.25, 0.3) is 0 Å². The van der Waals surface area contributed by atoms with E-state index in [1.165, 1.54) is 0 Å². The smallest absolute Gasteiger partial charge is 0.134 e. The molecule has 0 spiro atoms. The van der Waals surface area contributed by atoms with Crippen molar-refractivity contribution in [1.29, 1.82) is 0 Å². The van der Waals surface area contributed by atoms with Crippen LogP contribution in [0.2, 0.25) is 0 Å². The fourth-order valence-electron chi connectivity index (χ4n) is 2.06. The second kappa shape index (κ2) is 5.64. The number of aliphatic hydroxyl groups is 1. The molecule has 0 saturated heterocycles. The first kappa shape index (κ1) is 13.1. The fourth-order valence-corrected chi connectivity index (χ4v) is 2.41. The predicted molar refractivity (Wildman–Crippen MR) is 81.6 cm³/mol. The first-order valence-electron chi connectivity index (χ1n) is 6.23. The fraction of sp³-hybridized carbons (Fsp3) is 0.133. The number of nitrogens with zero attached hydrogens (tertiary/aromatic N) is 1. The number of para-hydroxylation sites is 1. The second-order valence-electron chi connectivity index (χ2n) is 4.44. The largest absolute Gasteiger partial charge is 0.467 e. The summed E-state index contributed by atoms with van der Waals surface area (Å²) in [5.74, 6) is 0.549. The minimum atomic E-state index is -0.685. The van der Waals surface area contributed by atoms with Gasteiger partial charge in [0.1, 0.15) is 11.9 Å². The molecule has 2 heterocycles. The van der Waals surface area contributed by atoms with Crippen LogP contribution in [0, 0.1) is 0 Å². The Labute approximate surface area is 124 Å². The molecular weight excluding hydrogens is 320 g/mol. The van der Waals surface area contributed by atoms with Gasteiger partial charge in [0, 0.05) is 22.6 Å². The average Bonchev–Trinajstić information content (AvgIpc) is 2.98. The molecule has 4 nitrogen and oxygen atoms in total. The highest BCUT2D eigenvalue weighted by Gasteiger charge is 2.11. The zero-order valence-electron chi connectivity index (χ0n) is 10.6. The maximum atomic E-state index is 10.0. The van der Waals surface area contributed by atoms with Crippen molar-refractivity contribution in [3.8, 4) is 0 Å². The Kier molecular flexibility index (Phi) is 3.71. The van der Waals surface area contributed by atoms with Crippen LogP contribution in [0.5, 0.6) is 0 Å². The molecule has 0 radical (unpaired) electrons. The van der Waals surface area contributed by atoms with Crippen molar-refractivity contribution in [2.45, 2.75) is 6.10 Å². The number of aliphatic hydroxyl groups excluding tert-OH is 1. The molecule has 3 aromatic rings. The van der Waals surface area contributed by atoms with Crippen LogP contribution in [0.1, 0.15) is 11.9 Å². The molecule has 0 aliphatic carbocycles. The molecule has 1 aromatic carbocycles. The third kappa shape index (κ3) is 2.69. The average molecular weight is 333 g/mol. The number of benzene rings is 1. The summed E-state index contributed by atoms with van der Waals surface area (Å²) in [6, 6.07) is 11.4. The van der Waals surface area contributed by atoms with E-state index in [0.717, 1.165) is 21.1 Å². The zero-order chi connectivity index (χ0) is 13.9. The number of furan rings is 1. The van der Waals surface area contributed by atoms with Gasteiger partial charge >= 0.3 is 0 Å². The summed E-state index contributed by atoms with van der Waals surface area (Å²) in [5, 5.41) is 14.2. The summed E-state index contributed by atoms with van der Waals surface area (Å²) < 4.78 is 6.12. The van der Waals surface area contributed by atoms with E-state index >= 15 is 0 Å². The lowest BCUT2D eigenvalue weighted by Gasteiger charge is -2.12. The van der Waals surface area contributed by atoms with Gasteiger partial charge in [-0.2, -0.15) is 0 Å². The predicted octanol–water partition coefficient (Wildman–Crippen LogP) is 3.74. The van der Waals surface area contributed by atoms with Crippen molar-refractivity contribution in [3.05, 3.63) is 59.1 Å². The van der Waals surface area contributed by atoms with Gasteiger partial charge < -0.3 is 14.8 Å². The van der Waals surface area contributed by atoms with Crippen LogP contribution in [-0.2, 0) is 0 Å². The highest BCUT2D eigenvalue weighted by atomic mass is 79.9. The highest BCUT2D eigenvalue weighted by Crippen LogP contribution is 2.24. The van der Waals surface area contributed by atoms with Gasteiger partial charge in [-0.3, -0.25) is 4.98 Å². The number of nitrogens with one attached hydrogen (secondary N) is 1. The number of fused-ring (bicyclic) bond motifs is 1. The number of pyridine rings is 1. The van der Waals surface area contributed by atoms with Crippen LogP contribution in [-0.4, -0.2) is 16.6 Å². The Morgan fingerprint density at radius 3 is 3.00 bits per heavy atom. The topological polar surface area (TPSA) is 58.3 Å². The SMILES string of the molecule is OC(CNc1cccc2cc(Br)cnc12)c1ccco1. The molecular formula is C15H13BrN2O2. The number of halogens is 1. The highest BCUT2D eigenvalue weighted by molar-refractivity contribution is 9.10. The van der Waals surface area contributed by atoms with E-state index in [2.05, 4.69) is 26.2 Å². The van der Waals surface area contributed by atoms with E-state index in [-0.39, 0.29) is 0 Å². The molecule has 20 heavy (non-hydrogen) atoms. The van der Waals surface area contributed by atoms with Crippen LogP contribution >= 0.6 is 15.9 Å². The Morgan fingerprint density at radius 1 is 1.30 bits per heavy atom. The van der Waals surface area contributed by atoms with E-state index in [4.69, 9.17) is 4.42 Å². The molecule has 5 heteroatoms. The summed E-state index contributed by atoms with van der Waals surface area (Å²) in [7, 11) is 0. The van der Waals surface area contributed by atoms with Gasteiger partial charge in [-0.15, -0.1) is 0 Å². The van der Waals surface area contributed by atoms with Crippen molar-refractivity contribution in [2.24, 2.45) is 0 Å². The van der Waals surface area contributed by atoms with Crippen LogP contribution < -0.4 is 5.32 Å². The lowest BCUT2D eigenvalue weighted by molar-refractivity contribution is 0.162. The lowest BCUT2D eigenvalue weighted by Crippen LogP contribution is -2.11. The van der Waals surface area contributed by atoms with Crippen LogP contribution in [0.25, 0.3) is 10.9 Å². The molecule has 102 valence electrons. The maximum Gasteiger partial charge on any atom is 0.134 e. The van der Waals surface area contributed by atoms with Gasteiger partial charge in [0.15, 0.2) is 0 Å². The normalized spacial score (nSPS) is 12.5. The number of aromatic nitrogens is 1. The number of rotatable bonds is 4. The first-order valence-corrected chi connectivity index (χ1v) is 7.03. The van der Waals surface area contributed by atoms with Crippen LogP contribution in [0.3, 0.4) is 0 Å². The first-order chi connectivity index (χ1) is 9.74. The second-order valence-corrected chi connectivity index (χ2v) is 5.36. The molecule has 0 amide bonds. The van der Waals surface area contributed by atoms with Crippen molar-refractivity contribution in [1.82, 2.24) is 4.98 Å². The molecule has 2 aromatic heterocycles. The molecule has 1 unspecified atom stereocenters. The van der Waals surface area contributed by atoms with Crippen molar-refractivity contribution >= 4 is 32.5 Å². The van der Waals surface area contributed by atoms with Gasteiger partial charge in [0.2, 0.25) is 0 Å². The van der Waals surface area contributed by atoms with Crippen molar-refractivity contribution < 1.29 is 9.52 Å². The molecule has 0 bridgehead atoms. The van der Waals surface area contributed by atoms with Crippen molar-refractivity contribution in [2.75, 3.05) is 11.9 Å². The molecule has 0 aliphatic heterocycles. The molecule has 1 atom stereocenters. The van der Waals surface area contributed by atoms with E-state index in [1.807, 2.05) is 24.3 Å². The minimum Gasteiger partial charge on any atom is -0.467 e. The van der Waals surface area contributed by atoms with E-state index in [9.17, 15) is 5.11 Å². The van der Waals surface area contributed by atoms with Gasteiger partial charge in [-0.05, 0) is 40.2 Å². The number of hydrogen-bond acceptors (Lipinski definition) is 4. The van der Waals surface area contributed by atoms with E-state index < -0.39 is 6.10 Å². The number of hydrogen-bond donors (Lipinski definition) is 2. The maximum absolute atomic E-state index is 10.0. The Bertz CT molecular complexity index is 713. The molecule has 0 fully saturated rings. The summed E-state index contributed by atoms with van der Waals surface area (Å²) in [6.07, 6.45) is 2.63. The summed E-state index contributed by atoms with van der Waals surface area (Å²) in [4.78, 5) is 4.41. The Morgan fingerprint density at radius 2 is 2.20 bits per heavy atom. The Balaban J connectivity index is 1.81. The molecule has 0 aliphatic rings. The summed E-state index contributed by atoms with van der Waals surface area (Å²) >= 11 is 3.41. The standard InChI is InChI=1S/C15H13BrN2O2/c16-11-7-10-3-1-4-12(15(10)18-8-11)17-9-13(19)14-5-2-6-20-14/h1-8,13,17,19H,9H2. The molecule has 2 N–H and O–H groups in total. The molecule has 0 saturated carbocycles. The Hall–Kier alpha value is -1.85. The monoisotopic (exact) mass is 332 g/mol. The minimum absolute atomic E-state index is 0.365. The quantitative estimate of drug-likeness (QED) is 0.764. The van der Waals surface area contributed by atoms with E-state index in [1.54, 1.807) is 24.6 Å². The summed E-state index contributed by atoms with van der Waals surface area (Å²) in [5.41, 5.74) is 1.77. The number of anilines is 1. The van der Waals surface area contributed by atoms with Gasteiger partial charge in [0.05, 0.1) is 17.5 Å². The van der Waals surface area contributed by atoms with Gasteiger partial charge in [-0.1, -0.05) is 12.1 Å². The summed E-state index contributed by atoms with van der Waals surface area (Å²) in [6.45, 7) is 0.365. The molecule has 3 rings (SSSR count). The lowest BCUT2D eigenvalue weighted by atomic mass is 10.2. The van der Waals surface area contributed by atoms with Gasteiger partial charge in [-0.25, -0.2) is 0 Å². The van der Waals surface area contributed by atoms with Crippen molar-refractivity contribution in [3.63, 3.8) is 0 Å². The zero-order valence-corrected chi connectivity index (χ0v) is 12.2.